The lowest BCUT2D eigenvalue weighted by molar-refractivity contribution is -0.274. The zero-order valence-electron chi connectivity index (χ0n) is 16.6. The lowest BCUT2D eigenvalue weighted by Gasteiger charge is -2.35. The number of nitrogens with zero attached hydrogens (tertiary/aromatic N) is 7. The smallest absolute Gasteiger partial charge is 0.406 e. The Kier molecular flexibility index (Phi) is 6.44. The van der Waals surface area contributed by atoms with Crippen molar-refractivity contribution < 1.29 is 22.7 Å². The van der Waals surface area contributed by atoms with Crippen molar-refractivity contribution in [3.63, 3.8) is 0 Å². The number of benzene rings is 1. The first-order valence-corrected chi connectivity index (χ1v) is 10.6. The molecule has 0 atom stereocenters. The number of halogens is 3. The van der Waals surface area contributed by atoms with Gasteiger partial charge >= 0.3 is 6.36 Å². The normalized spacial score (nSPS) is 14.5. The van der Waals surface area contributed by atoms with Gasteiger partial charge in [0, 0.05) is 32.4 Å². The maximum atomic E-state index is 12.6. The molecule has 32 heavy (non-hydrogen) atoms. The summed E-state index contributed by atoms with van der Waals surface area (Å²) in [5.74, 6) is 0.640. The summed E-state index contributed by atoms with van der Waals surface area (Å²) in [6.07, 6.45) is -3.02. The summed E-state index contributed by atoms with van der Waals surface area (Å²) in [7, 11) is 0. The first-order chi connectivity index (χ1) is 15.4. The van der Waals surface area contributed by atoms with Gasteiger partial charge in [-0.2, -0.15) is 4.68 Å². The van der Waals surface area contributed by atoms with Gasteiger partial charge in [0.2, 0.25) is 11.1 Å². The first kappa shape index (κ1) is 21.9. The first-order valence-electron chi connectivity index (χ1n) is 9.60. The van der Waals surface area contributed by atoms with Crippen LogP contribution in [-0.4, -0.2) is 74.3 Å². The highest BCUT2D eigenvalue weighted by Crippen LogP contribution is 2.25. The van der Waals surface area contributed by atoms with Crippen molar-refractivity contribution in [1.29, 1.82) is 0 Å². The second-order valence-electron chi connectivity index (χ2n) is 6.76. The lowest BCUT2D eigenvalue weighted by atomic mass is 10.3. The molecule has 4 rings (SSSR count). The van der Waals surface area contributed by atoms with Crippen LogP contribution in [0.1, 0.15) is 0 Å². The van der Waals surface area contributed by atoms with Crippen LogP contribution in [0.3, 0.4) is 0 Å². The van der Waals surface area contributed by atoms with Crippen LogP contribution in [0.5, 0.6) is 5.75 Å². The van der Waals surface area contributed by atoms with Gasteiger partial charge in [0.1, 0.15) is 11.6 Å². The van der Waals surface area contributed by atoms with Crippen LogP contribution in [0.2, 0.25) is 0 Å². The molecule has 3 heterocycles. The number of tetrazole rings is 1. The number of alkyl halides is 3. The zero-order chi connectivity index (χ0) is 22.6. The van der Waals surface area contributed by atoms with Crippen LogP contribution in [-0.2, 0) is 4.79 Å². The van der Waals surface area contributed by atoms with E-state index in [0.717, 1.165) is 17.6 Å². The van der Waals surface area contributed by atoms with Gasteiger partial charge < -0.3 is 14.5 Å². The molecule has 1 aromatic carbocycles. The summed E-state index contributed by atoms with van der Waals surface area (Å²) in [6, 6.07) is 10.9. The molecular formula is C19H18F3N7O2S. The number of hydrogen-bond donors (Lipinski definition) is 0. The Morgan fingerprint density at radius 2 is 1.81 bits per heavy atom. The molecule has 1 aliphatic heterocycles. The van der Waals surface area contributed by atoms with Gasteiger partial charge in [-0.3, -0.25) is 4.79 Å². The van der Waals surface area contributed by atoms with E-state index < -0.39 is 6.36 Å². The molecule has 1 fully saturated rings. The number of anilines is 1. The number of pyridine rings is 1. The SMILES string of the molecule is O=C(CSc1nnnn1-c1ccc(OC(F)(F)F)cc1)N1CCN(c2ccccn2)CC1. The molecule has 1 saturated heterocycles. The number of ether oxygens (including phenoxy) is 1. The van der Waals surface area contributed by atoms with Crippen molar-refractivity contribution in [3.8, 4) is 11.4 Å². The van der Waals surface area contributed by atoms with E-state index in [4.69, 9.17) is 0 Å². The Morgan fingerprint density at radius 3 is 2.47 bits per heavy atom. The maximum Gasteiger partial charge on any atom is 0.573 e. The highest BCUT2D eigenvalue weighted by Gasteiger charge is 2.31. The van der Waals surface area contributed by atoms with Crippen molar-refractivity contribution in [3.05, 3.63) is 48.7 Å². The third-order valence-electron chi connectivity index (χ3n) is 4.69. The molecule has 168 valence electrons. The summed E-state index contributed by atoms with van der Waals surface area (Å²) in [5, 5.41) is 11.7. The molecule has 0 N–H and O–H groups in total. The van der Waals surface area contributed by atoms with Crippen LogP contribution < -0.4 is 9.64 Å². The molecule has 0 spiro atoms. The summed E-state index contributed by atoms with van der Waals surface area (Å²) in [6.45, 7) is 2.55. The number of amides is 1. The fourth-order valence-electron chi connectivity index (χ4n) is 3.16. The number of aromatic nitrogens is 5. The highest BCUT2D eigenvalue weighted by molar-refractivity contribution is 7.99. The van der Waals surface area contributed by atoms with Crippen LogP contribution in [0.25, 0.3) is 5.69 Å². The molecule has 9 nitrogen and oxygen atoms in total. The molecule has 2 aromatic heterocycles. The average molecular weight is 465 g/mol. The van der Waals surface area contributed by atoms with Crippen LogP contribution in [0, 0.1) is 0 Å². The number of thioether (sulfide) groups is 1. The molecule has 0 unspecified atom stereocenters. The van der Waals surface area contributed by atoms with Crippen molar-refractivity contribution in [2.45, 2.75) is 11.5 Å². The van der Waals surface area contributed by atoms with Crippen molar-refractivity contribution in [2.75, 3.05) is 36.8 Å². The van der Waals surface area contributed by atoms with E-state index in [2.05, 4.69) is 30.1 Å². The molecule has 0 bridgehead atoms. The molecular weight excluding hydrogens is 447 g/mol. The maximum absolute atomic E-state index is 12.6. The molecule has 13 heteroatoms. The molecule has 0 saturated carbocycles. The third kappa shape index (κ3) is 5.46. The number of carbonyl (C=O) groups excluding carboxylic acids is 1. The summed E-state index contributed by atoms with van der Waals surface area (Å²) < 4.78 is 42.2. The van der Waals surface area contributed by atoms with Crippen LogP contribution in [0.4, 0.5) is 19.0 Å². The quantitative estimate of drug-likeness (QED) is 0.513. The minimum absolute atomic E-state index is 0.0425. The predicted octanol–water partition coefficient (Wildman–Crippen LogP) is 2.40. The third-order valence-corrected chi connectivity index (χ3v) is 5.59. The zero-order valence-corrected chi connectivity index (χ0v) is 17.5. The van der Waals surface area contributed by atoms with E-state index >= 15 is 0 Å². The fraction of sp³-hybridized carbons (Fsp3) is 0.316. The Labute approximate surface area is 185 Å². The van der Waals surface area contributed by atoms with Gasteiger partial charge in [-0.05, 0) is 46.8 Å². The standard InChI is InChI=1S/C19H18F3N7O2S/c20-19(21,22)31-15-6-4-14(5-7-15)29-18(24-25-26-29)32-13-17(30)28-11-9-27(10-12-28)16-3-1-2-8-23-16/h1-8H,9-13H2. The topological polar surface area (TPSA) is 89.3 Å². The Hall–Kier alpha value is -3.35. The fourth-order valence-corrected chi connectivity index (χ4v) is 3.96. The number of carbonyl (C=O) groups is 1. The van der Waals surface area contributed by atoms with Gasteiger partial charge in [-0.25, -0.2) is 4.98 Å². The van der Waals surface area contributed by atoms with Crippen molar-refractivity contribution in [2.24, 2.45) is 0 Å². The molecule has 1 amide bonds. The van der Waals surface area contributed by atoms with E-state index in [1.54, 1.807) is 11.1 Å². The van der Waals surface area contributed by atoms with E-state index in [0.29, 0.717) is 37.0 Å². The summed E-state index contributed by atoms with van der Waals surface area (Å²) in [4.78, 5) is 20.9. The molecule has 0 aliphatic carbocycles. The second kappa shape index (κ2) is 9.42. The van der Waals surface area contributed by atoms with Gasteiger partial charge in [0.05, 0.1) is 11.4 Å². The Morgan fingerprint density at radius 1 is 1.06 bits per heavy atom. The summed E-state index contributed by atoms with van der Waals surface area (Å²) >= 11 is 1.16. The van der Waals surface area contributed by atoms with E-state index in [1.165, 1.54) is 28.9 Å². The minimum atomic E-state index is -4.76. The number of piperazine rings is 1. The van der Waals surface area contributed by atoms with E-state index in [1.807, 2.05) is 18.2 Å². The number of rotatable bonds is 6. The largest absolute Gasteiger partial charge is 0.573 e. The van der Waals surface area contributed by atoms with Crippen molar-refractivity contribution >= 4 is 23.5 Å². The van der Waals surface area contributed by atoms with Gasteiger partial charge in [0.15, 0.2) is 0 Å². The predicted molar refractivity (Wildman–Crippen MR) is 110 cm³/mol. The molecule has 1 aliphatic rings. The van der Waals surface area contributed by atoms with E-state index in [9.17, 15) is 18.0 Å². The average Bonchev–Trinajstić information content (AvgIpc) is 3.26. The van der Waals surface area contributed by atoms with Gasteiger partial charge in [0.25, 0.3) is 0 Å². The minimum Gasteiger partial charge on any atom is -0.406 e. The van der Waals surface area contributed by atoms with Gasteiger partial charge in [-0.1, -0.05) is 17.8 Å². The van der Waals surface area contributed by atoms with Crippen molar-refractivity contribution in [1.82, 2.24) is 30.1 Å². The second-order valence-corrected chi connectivity index (χ2v) is 7.70. The van der Waals surface area contributed by atoms with Crippen LogP contribution in [0.15, 0.2) is 53.8 Å². The molecule has 3 aromatic rings. The highest BCUT2D eigenvalue weighted by atomic mass is 32.2. The monoisotopic (exact) mass is 465 g/mol. The van der Waals surface area contributed by atoms with Crippen LogP contribution >= 0.6 is 11.8 Å². The van der Waals surface area contributed by atoms with Gasteiger partial charge in [-0.15, -0.1) is 18.3 Å². The van der Waals surface area contributed by atoms with E-state index in [-0.39, 0.29) is 17.4 Å². The Bertz CT molecular complexity index is 1040. The molecule has 0 radical (unpaired) electrons. The number of hydrogen-bond acceptors (Lipinski definition) is 8. The Balaban J connectivity index is 1.32. The summed E-state index contributed by atoms with van der Waals surface area (Å²) in [5.41, 5.74) is 0.448. The lowest BCUT2D eigenvalue weighted by Crippen LogP contribution is -2.49.